The lowest BCUT2D eigenvalue weighted by Crippen LogP contribution is -2.15. The van der Waals surface area contributed by atoms with Gasteiger partial charge in [0.15, 0.2) is 0 Å². The lowest BCUT2D eigenvalue weighted by Gasteiger charge is -2.17. The van der Waals surface area contributed by atoms with Crippen LogP contribution >= 0.6 is 0 Å². The molecule has 5 heteroatoms. The SMILES string of the molecule is CCCCCCCCC(CCCCCC)COC(=O)CCCOCCOCCOCCCCC. The van der Waals surface area contributed by atoms with Crippen LogP contribution in [0.3, 0.4) is 0 Å². The van der Waals surface area contributed by atoms with E-state index < -0.39 is 0 Å². The fourth-order valence-corrected chi connectivity index (χ4v) is 3.98. The Bertz CT molecular complexity index is 402. The molecule has 204 valence electrons. The van der Waals surface area contributed by atoms with Crippen molar-refractivity contribution in [3.63, 3.8) is 0 Å². The standard InChI is InChI=1S/C29H58O5/c1-4-7-10-12-13-15-19-28(18-14-11-8-5-2)27-34-29(30)20-17-22-32-24-26-33-25-23-31-21-16-9-6-3/h28H,4-27H2,1-3H3. The smallest absolute Gasteiger partial charge is 0.305 e. The van der Waals surface area contributed by atoms with Gasteiger partial charge in [-0.2, -0.15) is 0 Å². The molecule has 0 saturated heterocycles. The van der Waals surface area contributed by atoms with Gasteiger partial charge in [0, 0.05) is 19.6 Å². The summed E-state index contributed by atoms with van der Waals surface area (Å²) in [5.74, 6) is 0.442. The van der Waals surface area contributed by atoms with Crippen LogP contribution < -0.4 is 0 Å². The Hall–Kier alpha value is -0.650. The Kier molecular flexibility index (Phi) is 28.0. The summed E-state index contributed by atoms with van der Waals surface area (Å²) in [5.41, 5.74) is 0. The van der Waals surface area contributed by atoms with Crippen molar-refractivity contribution < 1.29 is 23.7 Å². The number of ether oxygens (including phenoxy) is 4. The molecule has 0 bridgehead atoms. The van der Waals surface area contributed by atoms with E-state index in [1.807, 2.05) is 0 Å². The first-order valence-electron chi connectivity index (χ1n) is 14.6. The van der Waals surface area contributed by atoms with Gasteiger partial charge in [-0.1, -0.05) is 97.8 Å². The Morgan fingerprint density at radius 2 is 0.971 bits per heavy atom. The molecule has 5 nitrogen and oxygen atoms in total. The number of hydrogen-bond acceptors (Lipinski definition) is 5. The molecule has 0 aliphatic heterocycles. The van der Waals surface area contributed by atoms with Gasteiger partial charge in [-0.3, -0.25) is 4.79 Å². The minimum absolute atomic E-state index is 0.0819. The molecule has 0 saturated carbocycles. The van der Waals surface area contributed by atoms with Gasteiger partial charge < -0.3 is 18.9 Å². The second kappa shape index (κ2) is 28.6. The molecular formula is C29H58O5. The van der Waals surface area contributed by atoms with Gasteiger partial charge in [-0.05, 0) is 31.6 Å². The van der Waals surface area contributed by atoms with Gasteiger partial charge in [0.1, 0.15) is 0 Å². The zero-order valence-corrected chi connectivity index (χ0v) is 23.1. The van der Waals surface area contributed by atoms with Crippen LogP contribution in [0.25, 0.3) is 0 Å². The Balaban J connectivity index is 3.71. The van der Waals surface area contributed by atoms with E-state index in [1.165, 1.54) is 89.9 Å². The van der Waals surface area contributed by atoms with Crippen LogP contribution in [0.2, 0.25) is 0 Å². The highest BCUT2D eigenvalue weighted by atomic mass is 16.5. The molecule has 0 aromatic carbocycles. The van der Waals surface area contributed by atoms with E-state index in [9.17, 15) is 4.79 Å². The summed E-state index contributed by atoms with van der Waals surface area (Å²) in [6, 6.07) is 0. The van der Waals surface area contributed by atoms with Gasteiger partial charge >= 0.3 is 5.97 Å². The maximum atomic E-state index is 12.2. The minimum atomic E-state index is -0.0819. The summed E-state index contributed by atoms with van der Waals surface area (Å²) in [4.78, 5) is 12.2. The van der Waals surface area contributed by atoms with Crippen molar-refractivity contribution in [2.24, 2.45) is 5.92 Å². The third kappa shape index (κ3) is 26.0. The lowest BCUT2D eigenvalue weighted by molar-refractivity contribution is -0.145. The van der Waals surface area contributed by atoms with E-state index in [-0.39, 0.29) is 5.97 Å². The van der Waals surface area contributed by atoms with Crippen LogP contribution in [-0.2, 0) is 23.7 Å². The zero-order valence-electron chi connectivity index (χ0n) is 23.1. The Morgan fingerprint density at radius 3 is 1.56 bits per heavy atom. The van der Waals surface area contributed by atoms with Crippen molar-refractivity contribution in [1.82, 2.24) is 0 Å². The number of carbonyl (C=O) groups excluding carboxylic acids is 1. The Labute approximate surface area is 212 Å². The largest absolute Gasteiger partial charge is 0.465 e. The number of esters is 1. The van der Waals surface area contributed by atoms with E-state index in [0.29, 0.717) is 58.4 Å². The van der Waals surface area contributed by atoms with Crippen LogP contribution in [0.1, 0.15) is 130 Å². The van der Waals surface area contributed by atoms with Crippen LogP contribution in [0, 0.1) is 5.92 Å². The summed E-state index contributed by atoms with van der Waals surface area (Å²) >= 11 is 0. The predicted octanol–water partition coefficient (Wildman–Crippen LogP) is 7.89. The number of rotatable bonds is 28. The third-order valence-electron chi connectivity index (χ3n) is 6.22. The fourth-order valence-electron chi connectivity index (χ4n) is 3.98. The third-order valence-corrected chi connectivity index (χ3v) is 6.22. The maximum absolute atomic E-state index is 12.2. The average molecular weight is 487 g/mol. The first-order chi connectivity index (χ1) is 16.7. The molecule has 0 amide bonds. The fraction of sp³-hybridized carbons (Fsp3) is 0.966. The zero-order chi connectivity index (χ0) is 25.0. The molecule has 0 radical (unpaired) electrons. The number of carbonyl (C=O) groups is 1. The second-order valence-electron chi connectivity index (χ2n) is 9.60. The highest BCUT2D eigenvalue weighted by Gasteiger charge is 2.12. The van der Waals surface area contributed by atoms with Crippen LogP contribution in [0.5, 0.6) is 0 Å². The molecular weight excluding hydrogens is 428 g/mol. The van der Waals surface area contributed by atoms with Crippen molar-refractivity contribution in [3.8, 4) is 0 Å². The quantitative estimate of drug-likeness (QED) is 0.0831. The number of hydrogen-bond donors (Lipinski definition) is 0. The van der Waals surface area contributed by atoms with Gasteiger partial charge in [0.25, 0.3) is 0 Å². The Morgan fingerprint density at radius 1 is 0.529 bits per heavy atom. The highest BCUT2D eigenvalue weighted by molar-refractivity contribution is 5.69. The van der Waals surface area contributed by atoms with Gasteiger partial charge in [0.05, 0.1) is 33.0 Å². The van der Waals surface area contributed by atoms with E-state index >= 15 is 0 Å². The molecule has 0 aromatic heterocycles. The molecule has 0 aliphatic rings. The molecule has 0 fully saturated rings. The minimum Gasteiger partial charge on any atom is -0.465 e. The van der Waals surface area contributed by atoms with Crippen molar-refractivity contribution in [2.75, 3.05) is 46.2 Å². The molecule has 34 heavy (non-hydrogen) atoms. The molecule has 1 unspecified atom stereocenters. The van der Waals surface area contributed by atoms with Crippen LogP contribution in [0.4, 0.5) is 0 Å². The summed E-state index contributed by atoms with van der Waals surface area (Å²) in [5, 5.41) is 0. The van der Waals surface area contributed by atoms with Gasteiger partial charge in [-0.25, -0.2) is 0 Å². The van der Waals surface area contributed by atoms with Crippen LogP contribution in [-0.4, -0.2) is 52.2 Å². The molecule has 1 atom stereocenters. The second-order valence-corrected chi connectivity index (χ2v) is 9.60. The van der Waals surface area contributed by atoms with E-state index in [2.05, 4.69) is 20.8 Å². The average Bonchev–Trinajstić information content (AvgIpc) is 2.84. The van der Waals surface area contributed by atoms with Gasteiger partial charge in [0.2, 0.25) is 0 Å². The first-order valence-corrected chi connectivity index (χ1v) is 14.6. The molecule has 0 rings (SSSR count). The molecule has 0 N–H and O–H groups in total. The van der Waals surface area contributed by atoms with E-state index in [1.54, 1.807) is 0 Å². The molecule has 0 spiro atoms. The van der Waals surface area contributed by atoms with Gasteiger partial charge in [-0.15, -0.1) is 0 Å². The summed E-state index contributed by atoms with van der Waals surface area (Å²) < 4.78 is 22.2. The van der Waals surface area contributed by atoms with Crippen molar-refractivity contribution in [1.29, 1.82) is 0 Å². The van der Waals surface area contributed by atoms with Crippen molar-refractivity contribution in [3.05, 3.63) is 0 Å². The first kappa shape index (κ1) is 33.4. The molecule has 0 aromatic rings. The molecule has 0 heterocycles. The summed E-state index contributed by atoms with van der Waals surface area (Å²) in [7, 11) is 0. The maximum Gasteiger partial charge on any atom is 0.305 e. The van der Waals surface area contributed by atoms with E-state index in [4.69, 9.17) is 18.9 Å². The topological polar surface area (TPSA) is 54.0 Å². The lowest BCUT2D eigenvalue weighted by atomic mass is 9.95. The van der Waals surface area contributed by atoms with Crippen molar-refractivity contribution in [2.45, 2.75) is 130 Å². The summed E-state index contributed by atoms with van der Waals surface area (Å²) in [6.07, 6.45) is 20.1. The normalized spacial score (nSPS) is 12.2. The summed E-state index contributed by atoms with van der Waals surface area (Å²) in [6.45, 7) is 11.1. The van der Waals surface area contributed by atoms with Crippen LogP contribution in [0.15, 0.2) is 0 Å². The molecule has 0 aliphatic carbocycles. The van der Waals surface area contributed by atoms with Crippen molar-refractivity contribution >= 4 is 5.97 Å². The predicted molar refractivity (Wildman–Crippen MR) is 142 cm³/mol. The number of unbranched alkanes of at least 4 members (excludes halogenated alkanes) is 10. The monoisotopic (exact) mass is 486 g/mol. The van der Waals surface area contributed by atoms with E-state index in [0.717, 1.165) is 13.0 Å². The highest BCUT2D eigenvalue weighted by Crippen LogP contribution is 2.19.